The molecule has 0 fully saturated rings. The molecule has 0 unspecified atom stereocenters. The van der Waals surface area contributed by atoms with Crippen molar-refractivity contribution >= 4 is 17.6 Å². The van der Waals surface area contributed by atoms with Crippen molar-refractivity contribution in [1.82, 2.24) is 0 Å². The van der Waals surface area contributed by atoms with Crippen LogP contribution < -0.4 is 10.5 Å². The number of aryl methyl sites for hydroxylation is 2. The molecular formula is C22H27F3N2O. The molecule has 6 heteroatoms. The van der Waals surface area contributed by atoms with E-state index >= 15 is 0 Å². The Hall–Kier alpha value is -2.76. The number of allylic oxidation sites excluding steroid dienone is 1. The van der Waals surface area contributed by atoms with Gasteiger partial charge >= 0.3 is 6.36 Å². The topological polar surface area (TPSA) is 47.6 Å². The van der Waals surface area contributed by atoms with Gasteiger partial charge in [-0.25, -0.2) is 0 Å². The second-order valence-electron chi connectivity index (χ2n) is 6.21. The van der Waals surface area contributed by atoms with Crippen molar-refractivity contribution in [2.75, 3.05) is 5.73 Å². The first kappa shape index (κ1) is 23.3. The van der Waals surface area contributed by atoms with E-state index in [9.17, 15) is 13.2 Å². The molecule has 0 amide bonds. The molecule has 2 rings (SSSR count). The number of alkyl halides is 3. The molecular weight excluding hydrogens is 365 g/mol. The quantitative estimate of drug-likeness (QED) is 0.454. The highest BCUT2D eigenvalue weighted by atomic mass is 19.4. The van der Waals surface area contributed by atoms with Crippen molar-refractivity contribution in [2.45, 2.75) is 46.9 Å². The van der Waals surface area contributed by atoms with Gasteiger partial charge in [0.05, 0.1) is 5.70 Å². The molecule has 2 aromatic carbocycles. The van der Waals surface area contributed by atoms with Crippen LogP contribution in [0.2, 0.25) is 0 Å². The largest absolute Gasteiger partial charge is 0.573 e. The van der Waals surface area contributed by atoms with Crippen LogP contribution in [-0.4, -0.2) is 12.6 Å². The molecule has 152 valence electrons. The minimum Gasteiger partial charge on any atom is -0.406 e. The number of nitrogen functional groups attached to an aromatic ring is 1. The monoisotopic (exact) mass is 392 g/mol. The van der Waals surface area contributed by atoms with Crippen molar-refractivity contribution < 1.29 is 17.9 Å². The molecule has 0 aliphatic heterocycles. The van der Waals surface area contributed by atoms with E-state index in [1.165, 1.54) is 12.1 Å². The van der Waals surface area contributed by atoms with E-state index in [0.717, 1.165) is 40.9 Å². The van der Waals surface area contributed by atoms with Crippen molar-refractivity contribution in [1.29, 1.82) is 0 Å². The number of unbranched alkanes of at least 4 members (excludes halogenated alkanes) is 1. The molecule has 0 atom stereocenters. The number of ether oxygens (including phenoxy) is 1. The molecule has 0 bridgehead atoms. The number of hydrogen-bond acceptors (Lipinski definition) is 3. The summed E-state index contributed by atoms with van der Waals surface area (Å²) in [6, 6.07) is 11.7. The van der Waals surface area contributed by atoms with E-state index in [0.29, 0.717) is 0 Å². The summed E-state index contributed by atoms with van der Waals surface area (Å²) in [6.07, 6.45) is 1.54. The third kappa shape index (κ3) is 8.75. The molecule has 0 aliphatic rings. The predicted octanol–water partition coefficient (Wildman–Crippen LogP) is 6.70. The number of anilines is 1. The molecule has 0 saturated carbocycles. The van der Waals surface area contributed by atoms with E-state index < -0.39 is 6.36 Å². The van der Waals surface area contributed by atoms with E-state index in [1.54, 1.807) is 19.1 Å². The Balaban J connectivity index is 0.000000292. The molecule has 0 aliphatic carbocycles. The number of rotatable bonds is 5. The summed E-state index contributed by atoms with van der Waals surface area (Å²) in [6.45, 7) is 7.96. The highest BCUT2D eigenvalue weighted by Gasteiger charge is 2.30. The Morgan fingerprint density at radius 2 is 1.75 bits per heavy atom. The molecule has 0 saturated heterocycles. The van der Waals surface area contributed by atoms with Gasteiger partial charge in [-0.3, -0.25) is 4.99 Å². The zero-order valence-corrected chi connectivity index (χ0v) is 16.7. The first-order valence-electron chi connectivity index (χ1n) is 9.04. The van der Waals surface area contributed by atoms with Gasteiger partial charge in [-0.1, -0.05) is 43.2 Å². The van der Waals surface area contributed by atoms with Crippen molar-refractivity contribution in [3.63, 3.8) is 0 Å². The third-order valence-electron chi connectivity index (χ3n) is 3.74. The van der Waals surface area contributed by atoms with Crippen LogP contribution in [0.4, 0.5) is 18.9 Å². The molecule has 0 radical (unpaired) electrons. The Morgan fingerprint density at radius 1 is 1.11 bits per heavy atom. The molecule has 3 nitrogen and oxygen atoms in total. The van der Waals surface area contributed by atoms with E-state index in [2.05, 4.69) is 22.7 Å². The smallest absolute Gasteiger partial charge is 0.406 e. The van der Waals surface area contributed by atoms with Crippen LogP contribution in [0.25, 0.3) is 5.70 Å². The van der Waals surface area contributed by atoms with Gasteiger partial charge in [0.1, 0.15) is 5.75 Å². The average molecular weight is 392 g/mol. The highest BCUT2D eigenvalue weighted by molar-refractivity contribution is 5.74. The number of hydrogen-bond donors (Lipinski definition) is 1. The van der Waals surface area contributed by atoms with E-state index in [4.69, 9.17) is 5.73 Å². The summed E-state index contributed by atoms with van der Waals surface area (Å²) in [5, 5.41) is 0. The lowest BCUT2D eigenvalue weighted by Gasteiger charge is -2.08. The number of aliphatic imine (C=N–C) groups is 1. The normalized spacial score (nSPS) is 11.9. The van der Waals surface area contributed by atoms with Crippen LogP contribution in [0.1, 0.15) is 43.4 Å². The SMILES string of the molecule is C/C=C(\N=CCCC)c1ccc(N)c(C)c1.Cc1ccc(OC(F)(F)F)cc1. The maximum Gasteiger partial charge on any atom is 0.573 e. The Morgan fingerprint density at radius 3 is 2.25 bits per heavy atom. The fourth-order valence-corrected chi connectivity index (χ4v) is 2.18. The first-order chi connectivity index (χ1) is 13.2. The second kappa shape index (κ2) is 11.2. The predicted molar refractivity (Wildman–Crippen MR) is 111 cm³/mol. The summed E-state index contributed by atoms with van der Waals surface area (Å²) in [7, 11) is 0. The molecule has 0 spiro atoms. The van der Waals surface area contributed by atoms with Gasteiger partial charge < -0.3 is 10.5 Å². The summed E-state index contributed by atoms with van der Waals surface area (Å²) < 4.78 is 38.5. The van der Waals surface area contributed by atoms with Crippen LogP contribution in [0, 0.1) is 13.8 Å². The maximum atomic E-state index is 11.6. The lowest BCUT2D eigenvalue weighted by molar-refractivity contribution is -0.274. The van der Waals surface area contributed by atoms with Gasteiger partial charge in [-0.15, -0.1) is 13.2 Å². The van der Waals surface area contributed by atoms with Crippen LogP contribution in [0.5, 0.6) is 5.75 Å². The van der Waals surface area contributed by atoms with Crippen LogP contribution in [-0.2, 0) is 0 Å². The van der Waals surface area contributed by atoms with Crippen LogP contribution in [0.3, 0.4) is 0 Å². The third-order valence-corrected chi connectivity index (χ3v) is 3.74. The van der Waals surface area contributed by atoms with Gasteiger partial charge in [0.15, 0.2) is 0 Å². The highest BCUT2D eigenvalue weighted by Crippen LogP contribution is 2.22. The summed E-state index contributed by atoms with van der Waals surface area (Å²) in [5.74, 6) is -0.187. The lowest BCUT2D eigenvalue weighted by atomic mass is 10.1. The Kier molecular flexibility index (Phi) is 9.28. The van der Waals surface area contributed by atoms with Crippen LogP contribution in [0.15, 0.2) is 53.5 Å². The average Bonchev–Trinajstić information content (AvgIpc) is 2.63. The Bertz CT molecular complexity index is 794. The molecule has 0 heterocycles. The van der Waals surface area contributed by atoms with E-state index in [1.807, 2.05) is 38.3 Å². The van der Waals surface area contributed by atoms with Gasteiger partial charge in [0, 0.05) is 17.5 Å². The van der Waals surface area contributed by atoms with Crippen molar-refractivity contribution in [2.24, 2.45) is 4.99 Å². The standard InChI is InChI=1S/C14H20N2.C8H7F3O/c1-4-6-9-16-14(5-2)12-7-8-13(15)11(3)10-12;1-6-2-4-7(5-3-6)12-8(9,10)11/h5,7-10H,4,6,15H2,1-3H3;2-5H,1H3/b14-5-,16-9?;. The summed E-state index contributed by atoms with van der Waals surface area (Å²) in [4.78, 5) is 4.47. The first-order valence-corrected chi connectivity index (χ1v) is 9.04. The number of nitrogens with two attached hydrogens (primary N) is 1. The van der Waals surface area contributed by atoms with E-state index in [-0.39, 0.29) is 5.75 Å². The second-order valence-corrected chi connectivity index (χ2v) is 6.21. The van der Waals surface area contributed by atoms with Crippen molar-refractivity contribution in [3.05, 3.63) is 65.2 Å². The summed E-state index contributed by atoms with van der Waals surface area (Å²) >= 11 is 0. The Labute approximate surface area is 164 Å². The molecule has 2 aromatic rings. The van der Waals surface area contributed by atoms with Gasteiger partial charge in [-0.2, -0.15) is 0 Å². The zero-order valence-electron chi connectivity index (χ0n) is 16.7. The molecule has 2 N–H and O–H groups in total. The number of nitrogens with zero attached hydrogens (tertiary/aromatic N) is 1. The maximum absolute atomic E-state index is 11.6. The molecule has 0 aromatic heterocycles. The minimum atomic E-state index is -4.60. The van der Waals surface area contributed by atoms with Crippen LogP contribution >= 0.6 is 0 Å². The van der Waals surface area contributed by atoms with Gasteiger partial charge in [0.2, 0.25) is 0 Å². The fraction of sp³-hybridized carbons (Fsp3) is 0.318. The number of benzene rings is 2. The van der Waals surface area contributed by atoms with Gasteiger partial charge in [0.25, 0.3) is 0 Å². The number of halogens is 3. The summed E-state index contributed by atoms with van der Waals surface area (Å²) in [5.41, 5.74) is 10.8. The van der Waals surface area contributed by atoms with Crippen molar-refractivity contribution in [3.8, 4) is 5.75 Å². The lowest BCUT2D eigenvalue weighted by Crippen LogP contribution is -2.16. The molecule has 28 heavy (non-hydrogen) atoms. The van der Waals surface area contributed by atoms with Gasteiger partial charge in [-0.05, 0) is 57.0 Å². The fourth-order valence-electron chi connectivity index (χ4n) is 2.18. The minimum absolute atomic E-state index is 0.187. The zero-order chi connectivity index (χ0) is 21.2.